The van der Waals surface area contributed by atoms with Crippen molar-refractivity contribution in [2.45, 2.75) is 59.2 Å². The lowest BCUT2D eigenvalue weighted by atomic mass is 10.1. The summed E-state index contributed by atoms with van der Waals surface area (Å²) in [6, 6.07) is 9.54. The summed E-state index contributed by atoms with van der Waals surface area (Å²) < 4.78 is 5.89. The van der Waals surface area contributed by atoms with Crippen molar-refractivity contribution in [2.24, 2.45) is 0 Å². The largest absolute Gasteiger partial charge is 0.492 e. The van der Waals surface area contributed by atoms with Crippen LogP contribution in [0.2, 0.25) is 0 Å². The normalized spacial score (nSPS) is 11.6. The Kier molecular flexibility index (Phi) is 8.40. The number of ether oxygens (including phenoxy) is 1. The summed E-state index contributed by atoms with van der Waals surface area (Å²) >= 11 is 0. The third-order valence-electron chi connectivity index (χ3n) is 3.89. The van der Waals surface area contributed by atoms with Gasteiger partial charge in [0.05, 0.1) is 0 Å². The first-order valence-electron chi connectivity index (χ1n) is 8.22. The highest BCUT2D eigenvalue weighted by molar-refractivity contribution is 5.28. The van der Waals surface area contributed by atoms with Gasteiger partial charge in [-0.2, -0.15) is 0 Å². The van der Waals surface area contributed by atoms with Gasteiger partial charge in [0.25, 0.3) is 0 Å². The number of rotatable bonds is 10. The van der Waals surface area contributed by atoms with Crippen LogP contribution in [0.5, 0.6) is 5.75 Å². The molecule has 1 N–H and O–H groups in total. The van der Waals surface area contributed by atoms with E-state index in [9.17, 15) is 0 Å². The van der Waals surface area contributed by atoms with Crippen LogP contribution in [0.25, 0.3) is 0 Å². The maximum Gasteiger partial charge on any atom is 0.119 e. The highest BCUT2D eigenvalue weighted by atomic mass is 16.5. The SMILES string of the molecule is CCC(CC)N(C)CCOc1cccc(CNC(C)C)c1. The lowest BCUT2D eigenvalue weighted by Crippen LogP contribution is -2.34. The summed E-state index contributed by atoms with van der Waals surface area (Å²) in [4.78, 5) is 2.39. The average Bonchev–Trinajstić information content (AvgIpc) is 2.47. The van der Waals surface area contributed by atoms with E-state index in [0.717, 1.165) is 25.4 Å². The van der Waals surface area contributed by atoms with Crippen LogP contribution in [-0.2, 0) is 6.54 Å². The topological polar surface area (TPSA) is 24.5 Å². The lowest BCUT2D eigenvalue weighted by molar-refractivity contribution is 0.183. The first-order valence-corrected chi connectivity index (χ1v) is 8.22. The molecule has 1 aromatic rings. The van der Waals surface area contributed by atoms with E-state index in [-0.39, 0.29) is 0 Å². The van der Waals surface area contributed by atoms with Gasteiger partial charge in [-0.15, -0.1) is 0 Å². The molecular weight excluding hydrogens is 260 g/mol. The van der Waals surface area contributed by atoms with Crippen LogP contribution in [0, 0.1) is 0 Å². The van der Waals surface area contributed by atoms with Gasteiger partial charge in [-0.3, -0.25) is 0 Å². The molecule has 0 aliphatic rings. The van der Waals surface area contributed by atoms with Gasteiger partial charge in [0.15, 0.2) is 0 Å². The maximum absolute atomic E-state index is 5.89. The predicted octanol–water partition coefficient (Wildman–Crippen LogP) is 3.68. The number of benzene rings is 1. The number of likely N-dealkylation sites (N-methyl/N-ethyl adjacent to an activating group) is 1. The Hall–Kier alpha value is -1.06. The zero-order valence-electron chi connectivity index (χ0n) is 14.4. The summed E-state index contributed by atoms with van der Waals surface area (Å²) in [5, 5.41) is 3.43. The smallest absolute Gasteiger partial charge is 0.119 e. The van der Waals surface area contributed by atoms with Gasteiger partial charge in [0.1, 0.15) is 12.4 Å². The molecular formula is C18H32N2O. The standard InChI is InChI=1S/C18H32N2O/c1-6-17(7-2)20(5)11-12-21-18-10-8-9-16(13-18)14-19-15(3)4/h8-10,13,15,17,19H,6-7,11-12,14H2,1-5H3. The third kappa shape index (κ3) is 6.96. The molecule has 0 saturated heterocycles. The Morgan fingerprint density at radius 1 is 1.19 bits per heavy atom. The number of hydrogen-bond acceptors (Lipinski definition) is 3. The summed E-state index contributed by atoms with van der Waals surface area (Å²) in [5.74, 6) is 0.969. The molecule has 3 heteroatoms. The van der Waals surface area contributed by atoms with Crippen molar-refractivity contribution in [3.05, 3.63) is 29.8 Å². The summed E-state index contributed by atoms with van der Waals surface area (Å²) in [6.45, 7) is 11.4. The molecule has 0 unspecified atom stereocenters. The predicted molar refractivity (Wildman–Crippen MR) is 90.9 cm³/mol. The van der Waals surface area contributed by atoms with Crippen molar-refractivity contribution in [2.75, 3.05) is 20.2 Å². The van der Waals surface area contributed by atoms with Gasteiger partial charge in [0.2, 0.25) is 0 Å². The van der Waals surface area contributed by atoms with Crippen LogP contribution in [0.15, 0.2) is 24.3 Å². The molecule has 120 valence electrons. The molecule has 21 heavy (non-hydrogen) atoms. The molecule has 0 aromatic heterocycles. The minimum absolute atomic E-state index is 0.503. The van der Waals surface area contributed by atoms with E-state index in [1.165, 1.54) is 18.4 Å². The van der Waals surface area contributed by atoms with Gasteiger partial charge < -0.3 is 15.0 Å². The second-order valence-corrected chi connectivity index (χ2v) is 5.98. The molecule has 1 aromatic carbocycles. The zero-order chi connectivity index (χ0) is 15.7. The number of nitrogens with zero attached hydrogens (tertiary/aromatic N) is 1. The molecule has 0 fully saturated rings. The maximum atomic E-state index is 5.89. The van der Waals surface area contributed by atoms with E-state index in [2.05, 4.69) is 63.2 Å². The Morgan fingerprint density at radius 2 is 1.90 bits per heavy atom. The Labute approximate surface area is 130 Å². The Morgan fingerprint density at radius 3 is 2.52 bits per heavy atom. The molecule has 0 atom stereocenters. The minimum atomic E-state index is 0.503. The Balaban J connectivity index is 2.39. The summed E-state index contributed by atoms with van der Waals surface area (Å²) in [6.07, 6.45) is 2.40. The molecule has 0 heterocycles. The highest BCUT2D eigenvalue weighted by Crippen LogP contribution is 2.14. The first-order chi connectivity index (χ1) is 10.1. The number of hydrogen-bond donors (Lipinski definition) is 1. The van der Waals surface area contributed by atoms with Crippen molar-refractivity contribution in [1.29, 1.82) is 0 Å². The van der Waals surface area contributed by atoms with Crippen LogP contribution in [0.4, 0.5) is 0 Å². The average molecular weight is 292 g/mol. The monoisotopic (exact) mass is 292 g/mol. The Bertz CT molecular complexity index is 389. The third-order valence-corrected chi connectivity index (χ3v) is 3.89. The van der Waals surface area contributed by atoms with Crippen LogP contribution < -0.4 is 10.1 Å². The van der Waals surface area contributed by atoms with E-state index >= 15 is 0 Å². The van der Waals surface area contributed by atoms with Crippen LogP contribution in [0.1, 0.15) is 46.1 Å². The first kappa shape index (κ1) is 18.0. The van der Waals surface area contributed by atoms with E-state index in [1.54, 1.807) is 0 Å². The van der Waals surface area contributed by atoms with Gasteiger partial charge in [-0.05, 0) is 37.6 Å². The lowest BCUT2D eigenvalue weighted by Gasteiger charge is -2.25. The quantitative estimate of drug-likeness (QED) is 0.712. The van der Waals surface area contributed by atoms with E-state index in [0.29, 0.717) is 12.1 Å². The van der Waals surface area contributed by atoms with E-state index < -0.39 is 0 Å². The van der Waals surface area contributed by atoms with Gasteiger partial charge >= 0.3 is 0 Å². The molecule has 0 aliphatic heterocycles. The van der Waals surface area contributed by atoms with Crippen LogP contribution in [0.3, 0.4) is 0 Å². The van der Waals surface area contributed by atoms with Crippen LogP contribution in [-0.4, -0.2) is 37.2 Å². The van der Waals surface area contributed by atoms with Crippen molar-refractivity contribution in [3.8, 4) is 5.75 Å². The minimum Gasteiger partial charge on any atom is -0.492 e. The molecule has 0 saturated carbocycles. The fourth-order valence-electron chi connectivity index (χ4n) is 2.47. The second-order valence-electron chi connectivity index (χ2n) is 5.98. The van der Waals surface area contributed by atoms with Crippen molar-refractivity contribution < 1.29 is 4.74 Å². The van der Waals surface area contributed by atoms with Gasteiger partial charge in [0, 0.05) is 25.2 Å². The molecule has 0 radical (unpaired) electrons. The van der Waals surface area contributed by atoms with Gasteiger partial charge in [-0.1, -0.05) is 39.8 Å². The molecule has 0 spiro atoms. The fraction of sp³-hybridized carbons (Fsp3) is 0.667. The van der Waals surface area contributed by atoms with E-state index in [4.69, 9.17) is 4.74 Å². The number of nitrogens with one attached hydrogen (secondary N) is 1. The summed E-state index contributed by atoms with van der Waals surface area (Å²) in [7, 11) is 2.18. The highest BCUT2D eigenvalue weighted by Gasteiger charge is 2.09. The van der Waals surface area contributed by atoms with Crippen molar-refractivity contribution in [3.63, 3.8) is 0 Å². The zero-order valence-corrected chi connectivity index (χ0v) is 14.4. The molecule has 3 nitrogen and oxygen atoms in total. The molecule has 0 amide bonds. The molecule has 0 aliphatic carbocycles. The van der Waals surface area contributed by atoms with Crippen molar-refractivity contribution in [1.82, 2.24) is 10.2 Å². The summed E-state index contributed by atoms with van der Waals surface area (Å²) in [5.41, 5.74) is 1.27. The van der Waals surface area contributed by atoms with Crippen LogP contribution >= 0.6 is 0 Å². The molecule has 1 rings (SSSR count). The second kappa shape index (κ2) is 9.80. The van der Waals surface area contributed by atoms with E-state index in [1.807, 2.05) is 6.07 Å². The van der Waals surface area contributed by atoms with Gasteiger partial charge in [-0.25, -0.2) is 0 Å². The fourth-order valence-corrected chi connectivity index (χ4v) is 2.47. The molecule has 0 bridgehead atoms. The van der Waals surface area contributed by atoms with Crippen molar-refractivity contribution >= 4 is 0 Å².